The van der Waals surface area contributed by atoms with Gasteiger partial charge in [0, 0.05) is 18.2 Å². The van der Waals surface area contributed by atoms with E-state index < -0.39 is 5.72 Å². The minimum atomic E-state index is -1.000. The summed E-state index contributed by atoms with van der Waals surface area (Å²) in [7, 11) is 3.18. The molecular weight excluding hydrogens is 254 g/mol. The first-order valence-electron chi connectivity index (χ1n) is 6.33. The van der Waals surface area contributed by atoms with E-state index in [0.717, 1.165) is 11.1 Å². The SMILES string of the molecule is COc1ccccc1C1(OC)NC(=O)c2ccccc21. The molecule has 0 aliphatic carbocycles. The van der Waals surface area contributed by atoms with Crippen molar-refractivity contribution in [1.29, 1.82) is 0 Å². The highest BCUT2D eigenvalue weighted by atomic mass is 16.5. The Labute approximate surface area is 117 Å². The molecule has 0 aromatic heterocycles. The van der Waals surface area contributed by atoms with Crippen LogP contribution in [-0.4, -0.2) is 20.1 Å². The summed E-state index contributed by atoms with van der Waals surface area (Å²) in [5.74, 6) is 0.528. The number of carbonyl (C=O) groups is 1. The molecule has 0 spiro atoms. The predicted octanol–water partition coefficient (Wildman–Crippen LogP) is 2.29. The molecule has 1 N–H and O–H groups in total. The number of amides is 1. The molecule has 20 heavy (non-hydrogen) atoms. The van der Waals surface area contributed by atoms with Gasteiger partial charge in [-0.3, -0.25) is 4.79 Å². The molecule has 4 nitrogen and oxygen atoms in total. The lowest BCUT2D eigenvalue weighted by atomic mass is 9.93. The molecular formula is C16H15NO3. The quantitative estimate of drug-likeness (QED) is 0.930. The van der Waals surface area contributed by atoms with Crippen molar-refractivity contribution in [2.24, 2.45) is 0 Å². The number of rotatable bonds is 3. The van der Waals surface area contributed by atoms with E-state index in [1.54, 1.807) is 20.3 Å². The summed E-state index contributed by atoms with van der Waals surface area (Å²) in [4.78, 5) is 12.2. The minimum absolute atomic E-state index is 0.145. The predicted molar refractivity (Wildman–Crippen MR) is 74.7 cm³/mol. The zero-order valence-corrected chi connectivity index (χ0v) is 11.3. The summed E-state index contributed by atoms with van der Waals surface area (Å²) in [5.41, 5.74) is 1.21. The van der Waals surface area contributed by atoms with Crippen molar-refractivity contribution in [3.8, 4) is 5.75 Å². The Morgan fingerprint density at radius 3 is 2.30 bits per heavy atom. The van der Waals surface area contributed by atoms with Gasteiger partial charge >= 0.3 is 0 Å². The fraction of sp³-hybridized carbons (Fsp3) is 0.188. The number of para-hydroxylation sites is 1. The van der Waals surface area contributed by atoms with Crippen LogP contribution in [0, 0.1) is 0 Å². The second-order valence-electron chi connectivity index (χ2n) is 4.59. The van der Waals surface area contributed by atoms with Crippen molar-refractivity contribution in [1.82, 2.24) is 5.32 Å². The van der Waals surface area contributed by atoms with Crippen LogP contribution < -0.4 is 10.1 Å². The number of hydrogen-bond acceptors (Lipinski definition) is 3. The Morgan fingerprint density at radius 1 is 0.950 bits per heavy atom. The van der Waals surface area contributed by atoms with E-state index in [1.165, 1.54) is 0 Å². The van der Waals surface area contributed by atoms with E-state index in [0.29, 0.717) is 11.3 Å². The third kappa shape index (κ3) is 1.62. The van der Waals surface area contributed by atoms with Crippen molar-refractivity contribution in [3.05, 3.63) is 65.2 Å². The van der Waals surface area contributed by atoms with Crippen molar-refractivity contribution >= 4 is 5.91 Å². The number of methoxy groups -OCH3 is 2. The van der Waals surface area contributed by atoms with E-state index >= 15 is 0 Å². The van der Waals surface area contributed by atoms with E-state index in [2.05, 4.69) is 5.32 Å². The molecule has 1 amide bonds. The molecule has 0 bridgehead atoms. The zero-order valence-electron chi connectivity index (χ0n) is 11.3. The highest BCUT2D eigenvalue weighted by molar-refractivity contribution is 6.00. The van der Waals surface area contributed by atoms with Crippen LogP contribution in [0.5, 0.6) is 5.75 Å². The maximum absolute atomic E-state index is 12.2. The first kappa shape index (κ1) is 12.7. The molecule has 3 rings (SSSR count). The number of fused-ring (bicyclic) bond motifs is 1. The summed E-state index contributed by atoms with van der Waals surface area (Å²) in [6.07, 6.45) is 0. The largest absolute Gasteiger partial charge is 0.496 e. The van der Waals surface area contributed by atoms with Gasteiger partial charge in [-0.15, -0.1) is 0 Å². The monoisotopic (exact) mass is 269 g/mol. The maximum atomic E-state index is 12.2. The molecule has 0 saturated carbocycles. The first-order chi connectivity index (χ1) is 9.73. The number of carbonyl (C=O) groups excluding carboxylic acids is 1. The molecule has 0 saturated heterocycles. The Morgan fingerprint density at radius 2 is 1.60 bits per heavy atom. The van der Waals surface area contributed by atoms with Crippen LogP contribution in [0.4, 0.5) is 0 Å². The van der Waals surface area contributed by atoms with Gasteiger partial charge in [-0.1, -0.05) is 36.4 Å². The maximum Gasteiger partial charge on any atom is 0.254 e. The van der Waals surface area contributed by atoms with Gasteiger partial charge in [0.05, 0.1) is 12.7 Å². The van der Waals surface area contributed by atoms with Crippen LogP contribution in [-0.2, 0) is 10.5 Å². The molecule has 1 aliphatic heterocycles. The van der Waals surface area contributed by atoms with Crippen LogP contribution in [0.25, 0.3) is 0 Å². The van der Waals surface area contributed by atoms with Gasteiger partial charge in [0.25, 0.3) is 5.91 Å². The normalized spacial score (nSPS) is 20.4. The fourth-order valence-electron chi connectivity index (χ4n) is 2.70. The lowest BCUT2D eigenvalue weighted by Crippen LogP contribution is -2.42. The average molecular weight is 269 g/mol. The molecule has 0 radical (unpaired) electrons. The van der Waals surface area contributed by atoms with Crippen LogP contribution in [0.3, 0.4) is 0 Å². The van der Waals surface area contributed by atoms with E-state index in [-0.39, 0.29) is 5.91 Å². The van der Waals surface area contributed by atoms with Crippen LogP contribution in [0.1, 0.15) is 21.5 Å². The van der Waals surface area contributed by atoms with Gasteiger partial charge in [0.15, 0.2) is 5.72 Å². The zero-order chi connectivity index (χ0) is 14.2. The third-order valence-corrected chi connectivity index (χ3v) is 3.63. The second-order valence-corrected chi connectivity index (χ2v) is 4.59. The van der Waals surface area contributed by atoms with Gasteiger partial charge < -0.3 is 14.8 Å². The Kier molecular flexibility index (Phi) is 2.95. The Bertz CT molecular complexity index is 668. The molecule has 4 heteroatoms. The van der Waals surface area contributed by atoms with Gasteiger partial charge in [0.2, 0.25) is 0 Å². The summed E-state index contributed by atoms with van der Waals surface area (Å²) in [6.45, 7) is 0. The fourth-order valence-corrected chi connectivity index (χ4v) is 2.70. The number of ether oxygens (including phenoxy) is 2. The summed E-state index contributed by atoms with van der Waals surface area (Å²) in [5, 5.41) is 2.93. The molecule has 1 aliphatic rings. The molecule has 102 valence electrons. The lowest BCUT2D eigenvalue weighted by molar-refractivity contribution is 0.00174. The van der Waals surface area contributed by atoms with Gasteiger partial charge in [-0.05, 0) is 12.1 Å². The van der Waals surface area contributed by atoms with E-state index in [9.17, 15) is 4.79 Å². The molecule has 1 unspecified atom stereocenters. The summed E-state index contributed by atoms with van der Waals surface area (Å²) >= 11 is 0. The topological polar surface area (TPSA) is 47.6 Å². The van der Waals surface area contributed by atoms with E-state index in [4.69, 9.17) is 9.47 Å². The van der Waals surface area contributed by atoms with Crippen molar-refractivity contribution in [3.63, 3.8) is 0 Å². The van der Waals surface area contributed by atoms with Crippen molar-refractivity contribution < 1.29 is 14.3 Å². The average Bonchev–Trinajstić information content (AvgIpc) is 2.81. The number of hydrogen-bond donors (Lipinski definition) is 1. The van der Waals surface area contributed by atoms with Gasteiger partial charge in [-0.25, -0.2) is 0 Å². The highest BCUT2D eigenvalue weighted by Gasteiger charge is 2.46. The second kappa shape index (κ2) is 4.65. The lowest BCUT2D eigenvalue weighted by Gasteiger charge is -2.30. The minimum Gasteiger partial charge on any atom is -0.496 e. The molecule has 0 fully saturated rings. The molecule has 2 aromatic carbocycles. The Balaban J connectivity index is 2.27. The third-order valence-electron chi connectivity index (χ3n) is 3.63. The molecule has 2 aromatic rings. The van der Waals surface area contributed by atoms with E-state index in [1.807, 2.05) is 42.5 Å². The molecule has 1 heterocycles. The Hall–Kier alpha value is -2.33. The summed E-state index contributed by atoms with van der Waals surface area (Å²) < 4.78 is 11.1. The van der Waals surface area contributed by atoms with Crippen LogP contribution in [0.2, 0.25) is 0 Å². The van der Waals surface area contributed by atoms with Crippen LogP contribution in [0.15, 0.2) is 48.5 Å². The van der Waals surface area contributed by atoms with Gasteiger partial charge in [-0.2, -0.15) is 0 Å². The number of nitrogens with one attached hydrogen (secondary N) is 1. The summed E-state index contributed by atoms with van der Waals surface area (Å²) in [6, 6.07) is 14.9. The van der Waals surface area contributed by atoms with Crippen molar-refractivity contribution in [2.75, 3.05) is 14.2 Å². The smallest absolute Gasteiger partial charge is 0.254 e. The number of benzene rings is 2. The molecule has 1 atom stereocenters. The van der Waals surface area contributed by atoms with Crippen molar-refractivity contribution in [2.45, 2.75) is 5.72 Å². The van der Waals surface area contributed by atoms with Gasteiger partial charge in [0.1, 0.15) is 5.75 Å². The first-order valence-corrected chi connectivity index (χ1v) is 6.33. The highest BCUT2D eigenvalue weighted by Crippen LogP contribution is 2.41. The van der Waals surface area contributed by atoms with Crippen LogP contribution >= 0.6 is 0 Å². The standard InChI is InChI=1S/C16H15NO3/c1-19-14-10-6-5-9-13(14)16(20-2)12-8-4-3-7-11(12)15(18)17-16/h3-10H,1-2H3,(H,17,18).